The lowest BCUT2D eigenvalue weighted by molar-refractivity contribution is 0.152. The van der Waals surface area contributed by atoms with Crippen LogP contribution in [0.15, 0.2) is 33.8 Å². The first-order valence-corrected chi connectivity index (χ1v) is 6.28. The quantitative estimate of drug-likeness (QED) is 0.661. The molecule has 0 radical (unpaired) electrons. The van der Waals surface area contributed by atoms with Gasteiger partial charge < -0.3 is 9.84 Å². The number of nitrogens with one attached hydrogen (secondary N) is 1. The molecule has 1 aromatic rings. The fourth-order valence-electron chi connectivity index (χ4n) is 1.29. The number of amides is 1. The van der Waals surface area contributed by atoms with Crippen molar-refractivity contribution in [2.45, 2.75) is 20.0 Å². The topological polar surface area (TPSA) is 70.9 Å². The second kappa shape index (κ2) is 7.13. The molecule has 98 valence electrons. The van der Waals surface area contributed by atoms with Crippen molar-refractivity contribution in [3.63, 3.8) is 0 Å². The molecule has 0 saturated carbocycles. The summed E-state index contributed by atoms with van der Waals surface area (Å²) in [5.41, 5.74) is 3.33. The molecule has 6 heteroatoms. The van der Waals surface area contributed by atoms with Crippen LogP contribution in [0.2, 0.25) is 0 Å². The predicted molar refractivity (Wildman–Crippen MR) is 72.5 cm³/mol. The molecule has 1 atom stereocenters. The van der Waals surface area contributed by atoms with Crippen LogP contribution in [0.5, 0.6) is 0 Å². The van der Waals surface area contributed by atoms with E-state index in [-0.39, 0.29) is 6.61 Å². The third-order valence-corrected chi connectivity index (χ3v) is 2.61. The van der Waals surface area contributed by atoms with Gasteiger partial charge in [0, 0.05) is 10.0 Å². The van der Waals surface area contributed by atoms with Crippen molar-refractivity contribution in [2.75, 3.05) is 6.61 Å². The van der Waals surface area contributed by atoms with E-state index in [2.05, 4.69) is 31.2 Å². The van der Waals surface area contributed by atoms with E-state index in [0.717, 1.165) is 10.0 Å². The van der Waals surface area contributed by atoms with Crippen molar-refractivity contribution in [2.24, 2.45) is 5.10 Å². The van der Waals surface area contributed by atoms with Crippen LogP contribution in [-0.2, 0) is 4.74 Å². The molecule has 0 saturated heterocycles. The second-order valence-corrected chi connectivity index (χ2v) is 4.43. The van der Waals surface area contributed by atoms with Gasteiger partial charge in [-0.05, 0) is 26.0 Å². The summed E-state index contributed by atoms with van der Waals surface area (Å²) in [7, 11) is 0. The smallest absolute Gasteiger partial charge is 0.427 e. The molecule has 1 rings (SSSR count). The number of hydrogen-bond donors (Lipinski definition) is 2. The minimum atomic E-state index is -0.798. The number of aliphatic hydroxyl groups excluding tert-OH is 1. The van der Waals surface area contributed by atoms with Crippen LogP contribution < -0.4 is 5.43 Å². The van der Waals surface area contributed by atoms with Crippen molar-refractivity contribution < 1.29 is 14.6 Å². The van der Waals surface area contributed by atoms with E-state index in [9.17, 15) is 9.90 Å². The third kappa shape index (κ3) is 4.46. The Morgan fingerprint density at radius 3 is 2.61 bits per heavy atom. The molecule has 18 heavy (non-hydrogen) atoms. The van der Waals surface area contributed by atoms with Crippen LogP contribution in [0.3, 0.4) is 0 Å². The first kappa shape index (κ1) is 14.7. The number of hydrazone groups is 1. The first-order chi connectivity index (χ1) is 8.54. The maximum atomic E-state index is 11.1. The Labute approximate surface area is 114 Å². The average Bonchev–Trinajstić information content (AvgIpc) is 2.31. The van der Waals surface area contributed by atoms with Gasteiger partial charge in [-0.25, -0.2) is 10.2 Å². The van der Waals surface area contributed by atoms with E-state index in [1.165, 1.54) is 0 Å². The predicted octanol–water partition coefficient (Wildman–Crippen LogP) is 2.28. The summed E-state index contributed by atoms with van der Waals surface area (Å²) in [6, 6.07) is 7.25. The highest BCUT2D eigenvalue weighted by molar-refractivity contribution is 9.10. The average molecular weight is 315 g/mol. The van der Waals surface area contributed by atoms with Gasteiger partial charge in [0.1, 0.15) is 0 Å². The molecule has 0 aromatic heterocycles. The standard InChI is InChI=1S/C12H15BrN2O3/c1-3-18-12(17)15-14-11(8(2)16)9-4-6-10(13)7-5-9/h4-8,16H,3H2,1-2H3,(H,15,17). The van der Waals surface area contributed by atoms with Crippen LogP contribution >= 0.6 is 15.9 Å². The van der Waals surface area contributed by atoms with Crippen molar-refractivity contribution in [3.8, 4) is 0 Å². The summed E-state index contributed by atoms with van der Waals surface area (Å²) in [5, 5.41) is 13.5. The molecule has 2 N–H and O–H groups in total. The Balaban J connectivity index is 2.85. The molecule has 1 aromatic carbocycles. The van der Waals surface area contributed by atoms with Crippen molar-refractivity contribution in [3.05, 3.63) is 34.3 Å². The molecule has 0 bridgehead atoms. The van der Waals surface area contributed by atoms with E-state index in [0.29, 0.717) is 5.71 Å². The summed E-state index contributed by atoms with van der Waals surface area (Å²) in [4.78, 5) is 11.1. The molecule has 5 nitrogen and oxygen atoms in total. The van der Waals surface area contributed by atoms with Gasteiger partial charge in [0.2, 0.25) is 0 Å². The lowest BCUT2D eigenvalue weighted by Gasteiger charge is -2.10. The third-order valence-electron chi connectivity index (χ3n) is 2.08. The number of rotatable bonds is 4. The molecule has 1 amide bonds. The molecule has 0 spiro atoms. The zero-order valence-electron chi connectivity index (χ0n) is 10.2. The first-order valence-electron chi connectivity index (χ1n) is 5.49. The van der Waals surface area contributed by atoms with Gasteiger partial charge in [-0.3, -0.25) is 0 Å². The van der Waals surface area contributed by atoms with Crippen LogP contribution in [-0.4, -0.2) is 29.6 Å². The number of halogens is 1. The van der Waals surface area contributed by atoms with Crippen LogP contribution in [0.25, 0.3) is 0 Å². The van der Waals surface area contributed by atoms with E-state index in [1.807, 2.05) is 12.1 Å². The fraction of sp³-hybridized carbons (Fsp3) is 0.333. The molecular formula is C12H15BrN2O3. The largest absolute Gasteiger partial charge is 0.449 e. The van der Waals surface area contributed by atoms with Gasteiger partial charge in [0.05, 0.1) is 18.4 Å². The minimum absolute atomic E-state index is 0.268. The highest BCUT2D eigenvalue weighted by Crippen LogP contribution is 2.12. The van der Waals surface area contributed by atoms with Crippen LogP contribution in [0.4, 0.5) is 4.79 Å². The van der Waals surface area contributed by atoms with Gasteiger partial charge in [-0.15, -0.1) is 0 Å². The summed E-state index contributed by atoms with van der Waals surface area (Å²) in [5.74, 6) is 0. The van der Waals surface area contributed by atoms with E-state index >= 15 is 0 Å². The number of hydrogen-bond acceptors (Lipinski definition) is 4. The summed E-state index contributed by atoms with van der Waals surface area (Å²) >= 11 is 3.32. The second-order valence-electron chi connectivity index (χ2n) is 3.51. The van der Waals surface area contributed by atoms with Crippen LogP contribution in [0.1, 0.15) is 19.4 Å². The van der Waals surface area contributed by atoms with Gasteiger partial charge in [-0.1, -0.05) is 28.1 Å². The number of ether oxygens (including phenoxy) is 1. The molecule has 1 unspecified atom stereocenters. The van der Waals surface area contributed by atoms with Crippen molar-refractivity contribution in [1.82, 2.24) is 5.43 Å². The molecule has 0 heterocycles. The monoisotopic (exact) mass is 314 g/mol. The lowest BCUT2D eigenvalue weighted by Crippen LogP contribution is -2.25. The SMILES string of the molecule is CCOC(=O)NN=C(c1ccc(Br)cc1)C(C)O. The van der Waals surface area contributed by atoms with Crippen molar-refractivity contribution >= 4 is 27.7 Å². The highest BCUT2D eigenvalue weighted by atomic mass is 79.9. The van der Waals surface area contributed by atoms with Crippen molar-refractivity contribution in [1.29, 1.82) is 0 Å². The highest BCUT2D eigenvalue weighted by Gasteiger charge is 2.11. The lowest BCUT2D eigenvalue weighted by atomic mass is 10.1. The van der Waals surface area contributed by atoms with Crippen LogP contribution in [0, 0.1) is 0 Å². The summed E-state index contributed by atoms with van der Waals surface area (Å²) < 4.78 is 5.61. The Morgan fingerprint density at radius 2 is 2.11 bits per heavy atom. The Bertz CT molecular complexity index is 429. The molecule has 0 aliphatic heterocycles. The molecular weight excluding hydrogens is 300 g/mol. The van der Waals surface area contributed by atoms with E-state index in [4.69, 9.17) is 0 Å². The Kier molecular flexibility index (Phi) is 5.80. The zero-order valence-corrected chi connectivity index (χ0v) is 11.8. The Hall–Kier alpha value is -1.40. The normalized spacial score (nSPS) is 13.0. The summed E-state index contributed by atoms with van der Waals surface area (Å²) in [6.07, 6.45) is -1.44. The molecule has 0 fully saturated rings. The number of nitrogens with zero attached hydrogens (tertiary/aromatic N) is 1. The number of carbonyl (C=O) groups excluding carboxylic acids is 1. The number of carbonyl (C=O) groups is 1. The summed E-state index contributed by atoms with van der Waals surface area (Å²) in [6.45, 7) is 3.55. The number of benzene rings is 1. The van der Waals surface area contributed by atoms with Gasteiger partial charge in [-0.2, -0.15) is 5.10 Å². The van der Waals surface area contributed by atoms with Gasteiger partial charge in [0.15, 0.2) is 0 Å². The maximum absolute atomic E-state index is 11.1. The molecule has 0 aliphatic carbocycles. The molecule has 0 aliphatic rings. The minimum Gasteiger partial charge on any atom is -0.449 e. The zero-order chi connectivity index (χ0) is 13.5. The fourth-order valence-corrected chi connectivity index (χ4v) is 1.55. The maximum Gasteiger partial charge on any atom is 0.427 e. The van der Waals surface area contributed by atoms with Gasteiger partial charge in [0.25, 0.3) is 0 Å². The van der Waals surface area contributed by atoms with E-state index < -0.39 is 12.2 Å². The van der Waals surface area contributed by atoms with E-state index in [1.54, 1.807) is 26.0 Å². The Morgan fingerprint density at radius 1 is 1.50 bits per heavy atom. The number of aliphatic hydroxyl groups is 1. The van der Waals surface area contributed by atoms with Gasteiger partial charge >= 0.3 is 6.09 Å².